The molecule has 20 heavy (non-hydrogen) atoms. The van der Waals surface area contributed by atoms with Crippen LogP contribution in [0.25, 0.3) is 0 Å². The van der Waals surface area contributed by atoms with E-state index in [4.69, 9.17) is 21.6 Å². The first-order valence-electron chi connectivity index (χ1n) is 5.78. The lowest BCUT2D eigenvalue weighted by Crippen LogP contribution is -2.40. The SMILES string of the molecule is CC(=O)OC1(/C=C(\Cl)C#N)C(=O)N(C)c2ccccc21. The van der Waals surface area contributed by atoms with Gasteiger partial charge in [-0.15, -0.1) is 0 Å². The number of para-hydroxylation sites is 1. The molecule has 0 spiro atoms. The average Bonchev–Trinajstić information content (AvgIpc) is 2.62. The summed E-state index contributed by atoms with van der Waals surface area (Å²) in [5.74, 6) is -1.11. The number of rotatable bonds is 2. The first-order chi connectivity index (χ1) is 9.42. The van der Waals surface area contributed by atoms with E-state index in [0.29, 0.717) is 11.3 Å². The fourth-order valence-electron chi connectivity index (χ4n) is 2.26. The van der Waals surface area contributed by atoms with E-state index in [1.807, 2.05) is 0 Å². The zero-order valence-corrected chi connectivity index (χ0v) is 11.6. The molecule has 1 amide bonds. The van der Waals surface area contributed by atoms with Gasteiger partial charge >= 0.3 is 5.97 Å². The zero-order chi connectivity index (χ0) is 14.9. The lowest BCUT2D eigenvalue weighted by atomic mass is 9.94. The van der Waals surface area contributed by atoms with E-state index in [0.717, 1.165) is 0 Å². The Hall–Kier alpha value is -2.32. The molecule has 102 valence electrons. The second-order valence-corrected chi connectivity index (χ2v) is 4.72. The van der Waals surface area contributed by atoms with Crippen molar-refractivity contribution in [1.29, 1.82) is 5.26 Å². The molecule has 0 saturated carbocycles. The third kappa shape index (κ3) is 2.04. The summed E-state index contributed by atoms with van der Waals surface area (Å²) in [4.78, 5) is 25.3. The van der Waals surface area contributed by atoms with Crippen LogP contribution in [0, 0.1) is 11.3 Å². The number of amides is 1. The van der Waals surface area contributed by atoms with Crippen LogP contribution in [-0.2, 0) is 19.9 Å². The van der Waals surface area contributed by atoms with Crippen molar-refractivity contribution in [3.05, 3.63) is 40.9 Å². The number of hydrogen-bond donors (Lipinski definition) is 0. The number of benzene rings is 1. The Morgan fingerprint density at radius 3 is 2.75 bits per heavy atom. The molecule has 0 N–H and O–H groups in total. The van der Waals surface area contributed by atoms with Crippen LogP contribution < -0.4 is 4.90 Å². The molecule has 1 aliphatic rings. The predicted octanol–water partition coefficient (Wildman–Crippen LogP) is 2.07. The van der Waals surface area contributed by atoms with Crippen molar-refractivity contribution in [3.8, 4) is 6.07 Å². The summed E-state index contributed by atoms with van der Waals surface area (Å²) in [6.45, 7) is 1.20. The molecule has 6 heteroatoms. The average molecular weight is 291 g/mol. The summed E-state index contributed by atoms with van der Waals surface area (Å²) in [7, 11) is 1.57. The number of likely N-dealkylation sites (N-methyl/N-ethyl adjacent to an activating group) is 1. The molecular formula is C14H11ClN2O3. The monoisotopic (exact) mass is 290 g/mol. The van der Waals surface area contributed by atoms with Crippen LogP contribution in [0.15, 0.2) is 35.4 Å². The first kappa shape index (κ1) is 14.1. The molecule has 0 fully saturated rings. The van der Waals surface area contributed by atoms with Crippen molar-refractivity contribution < 1.29 is 14.3 Å². The first-order valence-corrected chi connectivity index (χ1v) is 6.16. The second kappa shape index (κ2) is 4.99. The van der Waals surface area contributed by atoms with Crippen molar-refractivity contribution in [2.24, 2.45) is 0 Å². The van der Waals surface area contributed by atoms with Crippen molar-refractivity contribution in [3.63, 3.8) is 0 Å². The number of allylic oxidation sites excluding steroid dienone is 1. The van der Waals surface area contributed by atoms with Crippen molar-refractivity contribution in [2.75, 3.05) is 11.9 Å². The lowest BCUT2D eigenvalue weighted by Gasteiger charge is -2.24. The van der Waals surface area contributed by atoms with Gasteiger partial charge in [0.2, 0.25) is 5.60 Å². The summed E-state index contributed by atoms with van der Waals surface area (Å²) in [5, 5.41) is 8.61. The van der Waals surface area contributed by atoms with Crippen molar-refractivity contribution >= 4 is 29.2 Å². The molecule has 1 unspecified atom stereocenters. The number of halogens is 1. The highest BCUT2D eigenvalue weighted by atomic mass is 35.5. The number of ether oxygens (including phenoxy) is 1. The Morgan fingerprint density at radius 1 is 1.50 bits per heavy atom. The van der Waals surface area contributed by atoms with Gasteiger partial charge in [-0.25, -0.2) is 0 Å². The number of hydrogen-bond acceptors (Lipinski definition) is 4. The summed E-state index contributed by atoms with van der Waals surface area (Å²) < 4.78 is 5.24. The molecule has 0 bridgehead atoms. The smallest absolute Gasteiger partial charge is 0.304 e. The van der Waals surface area contributed by atoms with Gasteiger partial charge in [0.1, 0.15) is 11.1 Å². The number of esters is 1. The molecular weight excluding hydrogens is 280 g/mol. The minimum Gasteiger partial charge on any atom is -0.440 e. The minimum absolute atomic E-state index is 0.218. The maximum Gasteiger partial charge on any atom is 0.304 e. The van der Waals surface area contributed by atoms with Crippen molar-refractivity contribution in [2.45, 2.75) is 12.5 Å². The molecule has 0 radical (unpaired) electrons. The van der Waals surface area contributed by atoms with E-state index < -0.39 is 17.5 Å². The van der Waals surface area contributed by atoms with Gasteiger partial charge in [0.05, 0.1) is 5.69 Å². The Kier molecular flexibility index (Phi) is 3.51. The maximum absolute atomic E-state index is 12.5. The molecule has 2 rings (SSSR count). The Morgan fingerprint density at radius 2 is 2.15 bits per heavy atom. The van der Waals surface area contributed by atoms with Gasteiger partial charge in [0.15, 0.2) is 0 Å². The van der Waals surface area contributed by atoms with E-state index in [1.165, 1.54) is 17.9 Å². The third-order valence-corrected chi connectivity index (χ3v) is 3.22. The van der Waals surface area contributed by atoms with E-state index >= 15 is 0 Å². The van der Waals surface area contributed by atoms with Crippen LogP contribution in [0.2, 0.25) is 0 Å². The van der Waals surface area contributed by atoms with E-state index in [2.05, 4.69) is 0 Å². The molecule has 1 aromatic rings. The highest BCUT2D eigenvalue weighted by Gasteiger charge is 2.51. The Labute approximate surface area is 121 Å². The van der Waals surface area contributed by atoms with Crippen LogP contribution in [0.3, 0.4) is 0 Å². The summed E-state index contributed by atoms with van der Waals surface area (Å²) in [6.07, 6.45) is 1.17. The summed E-state index contributed by atoms with van der Waals surface area (Å²) in [6, 6.07) is 8.60. The van der Waals surface area contributed by atoms with E-state index in [-0.39, 0.29) is 5.03 Å². The fourth-order valence-corrected chi connectivity index (χ4v) is 2.41. The quantitative estimate of drug-likeness (QED) is 0.617. The normalized spacial score (nSPS) is 21.4. The minimum atomic E-state index is -1.68. The van der Waals surface area contributed by atoms with Crippen LogP contribution in [0.4, 0.5) is 5.69 Å². The van der Waals surface area contributed by atoms with Gasteiger partial charge in [-0.1, -0.05) is 29.8 Å². The maximum atomic E-state index is 12.5. The molecule has 1 aromatic carbocycles. The Bertz CT molecular complexity index is 663. The molecule has 5 nitrogen and oxygen atoms in total. The second-order valence-electron chi connectivity index (χ2n) is 4.31. The largest absolute Gasteiger partial charge is 0.440 e. The highest BCUT2D eigenvalue weighted by molar-refractivity contribution is 6.32. The van der Waals surface area contributed by atoms with Crippen molar-refractivity contribution in [1.82, 2.24) is 0 Å². The zero-order valence-electron chi connectivity index (χ0n) is 10.9. The topological polar surface area (TPSA) is 70.4 Å². The summed E-state index contributed by atoms with van der Waals surface area (Å²) >= 11 is 5.74. The van der Waals surface area contributed by atoms with E-state index in [1.54, 1.807) is 37.4 Å². The van der Waals surface area contributed by atoms with Crippen LogP contribution in [-0.4, -0.2) is 18.9 Å². The number of nitriles is 1. The van der Waals surface area contributed by atoms with Crippen LogP contribution >= 0.6 is 11.6 Å². The number of anilines is 1. The highest BCUT2D eigenvalue weighted by Crippen LogP contribution is 2.43. The molecule has 0 saturated heterocycles. The standard InChI is InChI=1S/C14H11ClN2O3/c1-9(18)20-14(7-10(15)8-16)11-5-3-4-6-12(11)17(2)13(14)19/h3-7H,1-2H3/b10-7-. The number of carbonyl (C=O) groups is 2. The molecule has 1 heterocycles. The van der Waals surface area contributed by atoms with E-state index in [9.17, 15) is 9.59 Å². The van der Waals surface area contributed by atoms with Gasteiger partial charge in [-0.2, -0.15) is 5.26 Å². The number of fused-ring (bicyclic) bond motifs is 1. The molecule has 0 aliphatic carbocycles. The third-order valence-electron chi connectivity index (χ3n) is 3.03. The molecule has 0 aromatic heterocycles. The van der Waals surface area contributed by atoms with Gasteiger partial charge in [0.25, 0.3) is 5.91 Å². The van der Waals surface area contributed by atoms with Crippen LogP contribution in [0.5, 0.6) is 0 Å². The summed E-state index contributed by atoms with van der Waals surface area (Å²) in [5.41, 5.74) is -0.585. The molecule has 1 aliphatic heterocycles. The van der Waals surface area contributed by atoms with Crippen LogP contribution in [0.1, 0.15) is 12.5 Å². The fraction of sp³-hybridized carbons (Fsp3) is 0.214. The predicted molar refractivity (Wildman–Crippen MR) is 72.8 cm³/mol. The van der Waals surface area contributed by atoms with Gasteiger partial charge in [0, 0.05) is 25.6 Å². The number of carbonyl (C=O) groups excluding carboxylic acids is 2. The van der Waals surface area contributed by atoms with Gasteiger partial charge < -0.3 is 9.64 Å². The molecule has 1 atom stereocenters. The number of nitrogens with zero attached hydrogens (tertiary/aromatic N) is 2. The van der Waals surface area contributed by atoms with Gasteiger partial charge in [-0.3, -0.25) is 9.59 Å². The Balaban J connectivity index is 2.72. The van der Waals surface area contributed by atoms with Gasteiger partial charge in [-0.05, 0) is 6.07 Å². The lowest BCUT2D eigenvalue weighted by molar-refractivity contribution is -0.160.